The van der Waals surface area contributed by atoms with E-state index >= 15 is 0 Å². The van der Waals surface area contributed by atoms with Crippen LogP contribution >= 0.6 is 0 Å². The van der Waals surface area contributed by atoms with Crippen molar-refractivity contribution in [2.45, 2.75) is 0 Å². The molecule has 2 heteroatoms. The molecule has 0 amide bonds. The van der Waals surface area contributed by atoms with Crippen LogP contribution in [0.4, 0.5) is 17.1 Å². The van der Waals surface area contributed by atoms with Crippen molar-refractivity contribution in [3.05, 3.63) is 188 Å². The van der Waals surface area contributed by atoms with Crippen molar-refractivity contribution in [2.75, 3.05) is 4.90 Å². The second-order valence-corrected chi connectivity index (χ2v) is 12.9. The fourth-order valence-corrected chi connectivity index (χ4v) is 7.64. The summed E-state index contributed by atoms with van der Waals surface area (Å²) in [5.74, 6) is 0. The largest absolute Gasteiger partial charge is 0.456 e. The maximum atomic E-state index is 6.23. The van der Waals surface area contributed by atoms with E-state index in [-0.39, 0.29) is 0 Å². The van der Waals surface area contributed by atoms with E-state index in [1.165, 1.54) is 54.6 Å². The Bertz CT molecular complexity index is 2870. The highest BCUT2D eigenvalue weighted by molar-refractivity contribution is 6.18. The highest BCUT2D eigenvalue weighted by Gasteiger charge is 2.17. The average molecular weight is 638 g/mol. The Balaban J connectivity index is 1.16. The number of furan rings is 1. The third-order valence-electron chi connectivity index (χ3n) is 10.1. The van der Waals surface area contributed by atoms with Gasteiger partial charge in [-0.1, -0.05) is 140 Å². The smallest absolute Gasteiger partial charge is 0.135 e. The Morgan fingerprint density at radius 1 is 0.300 bits per heavy atom. The lowest BCUT2D eigenvalue weighted by Crippen LogP contribution is -2.09. The minimum atomic E-state index is 0.888. The van der Waals surface area contributed by atoms with Crippen LogP contribution in [0.2, 0.25) is 0 Å². The number of anilines is 3. The molecular formula is C48H31NO. The predicted molar refractivity (Wildman–Crippen MR) is 212 cm³/mol. The minimum Gasteiger partial charge on any atom is -0.456 e. The summed E-state index contributed by atoms with van der Waals surface area (Å²) in [6, 6.07) is 67.6. The van der Waals surface area contributed by atoms with E-state index in [1.54, 1.807) is 0 Å². The van der Waals surface area contributed by atoms with Gasteiger partial charge in [-0.15, -0.1) is 0 Å². The van der Waals surface area contributed by atoms with Crippen LogP contribution in [0.5, 0.6) is 0 Å². The van der Waals surface area contributed by atoms with Gasteiger partial charge in [0.05, 0.1) is 0 Å². The second kappa shape index (κ2) is 11.5. The van der Waals surface area contributed by atoms with Crippen molar-refractivity contribution in [2.24, 2.45) is 0 Å². The number of para-hydroxylation sites is 1. The lowest BCUT2D eigenvalue weighted by atomic mass is 9.94. The lowest BCUT2D eigenvalue weighted by Gasteiger charge is -2.26. The van der Waals surface area contributed by atoms with Gasteiger partial charge in [0.1, 0.15) is 11.2 Å². The van der Waals surface area contributed by atoms with E-state index < -0.39 is 0 Å². The van der Waals surface area contributed by atoms with Crippen LogP contribution in [0.15, 0.2) is 192 Å². The molecule has 10 rings (SSSR count). The average Bonchev–Trinajstić information content (AvgIpc) is 3.56. The number of fused-ring (bicyclic) bond motifs is 8. The summed E-state index contributed by atoms with van der Waals surface area (Å²) in [7, 11) is 0. The van der Waals surface area contributed by atoms with E-state index in [0.717, 1.165) is 39.0 Å². The second-order valence-electron chi connectivity index (χ2n) is 12.9. The molecule has 0 spiro atoms. The van der Waals surface area contributed by atoms with Gasteiger partial charge < -0.3 is 9.32 Å². The number of hydrogen-bond donors (Lipinski definition) is 0. The first kappa shape index (κ1) is 28.4. The van der Waals surface area contributed by atoms with Crippen LogP contribution in [-0.4, -0.2) is 0 Å². The van der Waals surface area contributed by atoms with Gasteiger partial charge in [-0.3, -0.25) is 0 Å². The van der Waals surface area contributed by atoms with Crippen LogP contribution in [0.3, 0.4) is 0 Å². The van der Waals surface area contributed by atoms with Crippen molar-refractivity contribution < 1.29 is 4.42 Å². The van der Waals surface area contributed by atoms with Crippen molar-refractivity contribution in [1.82, 2.24) is 0 Å². The number of rotatable bonds is 5. The fourth-order valence-electron chi connectivity index (χ4n) is 7.64. The van der Waals surface area contributed by atoms with Crippen molar-refractivity contribution in [3.8, 4) is 22.3 Å². The maximum absolute atomic E-state index is 6.23. The van der Waals surface area contributed by atoms with Gasteiger partial charge in [-0.2, -0.15) is 0 Å². The first-order valence-corrected chi connectivity index (χ1v) is 17.1. The van der Waals surface area contributed by atoms with Crippen LogP contribution in [0, 0.1) is 0 Å². The summed E-state index contributed by atoms with van der Waals surface area (Å²) in [5, 5.41) is 9.74. The quantitative estimate of drug-likeness (QED) is 0.175. The highest BCUT2D eigenvalue weighted by Crippen LogP contribution is 2.42. The summed E-state index contributed by atoms with van der Waals surface area (Å²) in [4.78, 5) is 2.37. The molecule has 1 heterocycles. The predicted octanol–water partition coefficient (Wildman–Crippen LogP) is 13.8. The molecule has 0 aliphatic rings. The minimum absolute atomic E-state index is 0.888. The number of hydrogen-bond acceptors (Lipinski definition) is 2. The number of benzene rings is 9. The molecule has 1 aromatic heterocycles. The van der Waals surface area contributed by atoms with E-state index in [2.05, 4.69) is 181 Å². The molecule has 0 saturated heterocycles. The van der Waals surface area contributed by atoms with E-state index in [0.29, 0.717) is 0 Å². The van der Waals surface area contributed by atoms with E-state index in [1.807, 2.05) is 12.1 Å². The molecule has 10 aromatic rings. The zero-order valence-electron chi connectivity index (χ0n) is 27.3. The summed E-state index contributed by atoms with van der Waals surface area (Å²) in [6.45, 7) is 0. The van der Waals surface area contributed by atoms with Crippen molar-refractivity contribution in [1.29, 1.82) is 0 Å². The Labute approximate surface area is 290 Å². The molecule has 0 saturated carbocycles. The molecule has 0 aliphatic carbocycles. The third-order valence-corrected chi connectivity index (χ3v) is 10.1. The molecular weight excluding hydrogens is 607 g/mol. The van der Waals surface area contributed by atoms with Gasteiger partial charge in [0, 0.05) is 27.8 Å². The molecule has 234 valence electrons. The molecule has 0 N–H and O–H groups in total. The number of nitrogens with zero attached hydrogens (tertiary/aromatic N) is 1. The molecule has 50 heavy (non-hydrogen) atoms. The van der Waals surface area contributed by atoms with Crippen LogP contribution in [-0.2, 0) is 0 Å². The molecule has 0 fully saturated rings. The molecule has 0 aliphatic heterocycles. The van der Waals surface area contributed by atoms with Gasteiger partial charge >= 0.3 is 0 Å². The molecule has 2 nitrogen and oxygen atoms in total. The molecule has 0 bridgehead atoms. The Morgan fingerprint density at radius 3 is 1.60 bits per heavy atom. The summed E-state index contributed by atoms with van der Waals surface area (Å²) >= 11 is 0. The summed E-state index contributed by atoms with van der Waals surface area (Å²) in [5.41, 5.74) is 9.89. The monoisotopic (exact) mass is 637 g/mol. The van der Waals surface area contributed by atoms with Gasteiger partial charge in [0.2, 0.25) is 0 Å². The summed E-state index contributed by atoms with van der Waals surface area (Å²) < 4.78 is 6.23. The van der Waals surface area contributed by atoms with Crippen molar-refractivity contribution in [3.63, 3.8) is 0 Å². The fraction of sp³-hybridized carbons (Fsp3) is 0. The van der Waals surface area contributed by atoms with Gasteiger partial charge in [-0.05, 0) is 103 Å². The Hall–Kier alpha value is -6.64. The zero-order chi connectivity index (χ0) is 33.0. The molecule has 0 atom stereocenters. The van der Waals surface area contributed by atoms with Crippen molar-refractivity contribution >= 4 is 71.3 Å². The third kappa shape index (κ3) is 4.65. The standard InChI is InChI=1S/C48H31NO/c1-2-10-32(11-3-1)39-13-6-7-14-40(39)34-18-23-36(24-19-34)49(38-26-29-48-46(31-38)44-16-8-9-17-47(44)50-48)37-25-20-35-22-27-42-41-15-5-4-12-33(41)21-28-43(42)45(35)30-37/h1-31H. The van der Waals surface area contributed by atoms with Crippen LogP contribution < -0.4 is 4.90 Å². The summed E-state index contributed by atoms with van der Waals surface area (Å²) in [6.07, 6.45) is 0. The van der Waals surface area contributed by atoms with Crippen LogP contribution in [0.1, 0.15) is 0 Å². The molecule has 0 radical (unpaired) electrons. The van der Waals surface area contributed by atoms with Gasteiger partial charge in [-0.25, -0.2) is 0 Å². The zero-order valence-corrected chi connectivity index (χ0v) is 27.3. The maximum Gasteiger partial charge on any atom is 0.135 e. The topological polar surface area (TPSA) is 16.4 Å². The Morgan fingerprint density at radius 2 is 0.820 bits per heavy atom. The van der Waals surface area contributed by atoms with Gasteiger partial charge in [0.15, 0.2) is 0 Å². The molecule has 9 aromatic carbocycles. The first-order chi connectivity index (χ1) is 24.8. The lowest BCUT2D eigenvalue weighted by molar-refractivity contribution is 0.669. The van der Waals surface area contributed by atoms with Crippen LogP contribution in [0.25, 0.3) is 76.5 Å². The van der Waals surface area contributed by atoms with Gasteiger partial charge in [0.25, 0.3) is 0 Å². The van der Waals surface area contributed by atoms with E-state index in [4.69, 9.17) is 4.42 Å². The molecule has 0 unspecified atom stereocenters. The van der Waals surface area contributed by atoms with E-state index in [9.17, 15) is 0 Å². The Kier molecular flexibility index (Phi) is 6.53. The normalized spacial score (nSPS) is 11.6. The first-order valence-electron chi connectivity index (χ1n) is 17.1. The highest BCUT2D eigenvalue weighted by atomic mass is 16.3. The SMILES string of the molecule is c1ccc(-c2ccccc2-c2ccc(N(c3ccc4ccc5c6ccccc6ccc5c4c3)c3ccc4oc5ccccc5c4c3)cc2)cc1.